The summed E-state index contributed by atoms with van der Waals surface area (Å²) >= 11 is 4.72. The molecule has 2 aliphatic heterocycles. The van der Waals surface area contributed by atoms with Gasteiger partial charge in [0, 0.05) is 35.2 Å². The van der Waals surface area contributed by atoms with Crippen LogP contribution in [0.2, 0.25) is 0 Å². The number of carbonyl (C=O) groups excluding carboxylic acids is 2. The first-order valence-electron chi connectivity index (χ1n) is 14.3. The predicted molar refractivity (Wildman–Crippen MR) is 173 cm³/mol. The third-order valence-corrected chi connectivity index (χ3v) is 9.77. The smallest absolute Gasteiger partial charge is 0.271 e. The molecule has 3 aromatic carbocycles. The van der Waals surface area contributed by atoms with Crippen molar-refractivity contribution in [1.82, 2.24) is 9.47 Å². The zero-order valence-corrected chi connectivity index (χ0v) is 27.0. The van der Waals surface area contributed by atoms with E-state index in [2.05, 4.69) is 15.9 Å². The number of aromatic nitrogens is 1. The van der Waals surface area contributed by atoms with Gasteiger partial charge in [-0.25, -0.2) is 4.99 Å². The highest BCUT2D eigenvalue weighted by atomic mass is 79.9. The van der Waals surface area contributed by atoms with E-state index in [4.69, 9.17) is 9.73 Å². The lowest BCUT2D eigenvalue weighted by Crippen LogP contribution is -2.43. The van der Waals surface area contributed by atoms with Gasteiger partial charge in [-0.3, -0.25) is 19.0 Å². The van der Waals surface area contributed by atoms with Gasteiger partial charge in [0.05, 0.1) is 29.6 Å². The number of thiazole rings is 1. The number of hydrogen-bond donors (Lipinski definition) is 0. The molecule has 6 rings (SSSR count). The van der Waals surface area contributed by atoms with Gasteiger partial charge in [-0.05, 0) is 62.7 Å². The van der Waals surface area contributed by atoms with Crippen LogP contribution in [0.25, 0.3) is 16.3 Å². The molecule has 8 nitrogen and oxygen atoms in total. The fourth-order valence-electron chi connectivity index (χ4n) is 6.17. The minimum Gasteiger partial charge on any atom is -0.496 e. The van der Waals surface area contributed by atoms with Gasteiger partial charge in [0.2, 0.25) is 0 Å². The Balaban J connectivity index is 1.74. The Morgan fingerprint density at radius 2 is 1.81 bits per heavy atom. The van der Waals surface area contributed by atoms with E-state index in [-0.39, 0.29) is 17.4 Å². The van der Waals surface area contributed by atoms with E-state index < -0.39 is 6.04 Å². The number of benzene rings is 3. The van der Waals surface area contributed by atoms with Crippen LogP contribution in [0.5, 0.6) is 5.75 Å². The molecule has 0 unspecified atom stereocenters. The zero-order valence-electron chi connectivity index (χ0n) is 24.6. The number of fused-ring (bicyclic) bond motifs is 3. The first kappa shape index (κ1) is 29.1. The number of ether oxygens (including phenoxy) is 1. The molecular formula is C33H31BrN4O4S. The van der Waals surface area contributed by atoms with Crippen LogP contribution in [0, 0.1) is 0 Å². The molecule has 1 atom stereocenters. The highest BCUT2D eigenvalue weighted by Crippen LogP contribution is 2.41. The van der Waals surface area contributed by atoms with Gasteiger partial charge in [0.25, 0.3) is 17.4 Å². The number of allylic oxidation sites excluding steroid dienone is 1. The van der Waals surface area contributed by atoms with Crippen molar-refractivity contribution >= 4 is 61.1 Å². The molecule has 0 saturated heterocycles. The van der Waals surface area contributed by atoms with Crippen molar-refractivity contribution in [3.05, 3.63) is 101 Å². The van der Waals surface area contributed by atoms with Gasteiger partial charge in [0.15, 0.2) is 4.80 Å². The third-order valence-electron chi connectivity index (χ3n) is 8.22. The summed E-state index contributed by atoms with van der Waals surface area (Å²) in [6.45, 7) is 9.07. The standard InChI is InChI=1S/C33H31BrN4O4S/c1-6-36(7-2)30(39)25-18(4)35-33-38(28(25)26-21-12-10-9-11-19(21)13-16-24(26)42-5)32(41)29(43-33)27-22-17-20(34)14-15-23(22)37(8-3)31(27)40/h9-17,28H,6-8H2,1-5H3/b29-27-/t28-/m0/s1. The molecule has 220 valence electrons. The number of rotatable bonds is 6. The quantitative estimate of drug-likeness (QED) is 0.299. The van der Waals surface area contributed by atoms with E-state index in [0.717, 1.165) is 20.9 Å². The monoisotopic (exact) mass is 658 g/mol. The second-order valence-corrected chi connectivity index (χ2v) is 12.3. The Kier molecular flexibility index (Phi) is 7.60. The van der Waals surface area contributed by atoms with Crippen LogP contribution < -0.4 is 24.5 Å². The summed E-state index contributed by atoms with van der Waals surface area (Å²) in [6, 6.07) is 16.5. The Hall–Kier alpha value is -4.02. The topological polar surface area (TPSA) is 84.2 Å². The van der Waals surface area contributed by atoms with Crippen molar-refractivity contribution < 1.29 is 14.3 Å². The summed E-state index contributed by atoms with van der Waals surface area (Å²) in [5, 5.41) is 1.82. The number of methoxy groups -OCH3 is 1. The van der Waals surface area contributed by atoms with Gasteiger partial charge in [-0.1, -0.05) is 57.6 Å². The van der Waals surface area contributed by atoms with Crippen molar-refractivity contribution in [3.63, 3.8) is 0 Å². The first-order valence-corrected chi connectivity index (χ1v) is 15.9. The van der Waals surface area contributed by atoms with Crippen LogP contribution in [0.4, 0.5) is 5.69 Å². The minimum atomic E-state index is -0.819. The maximum Gasteiger partial charge on any atom is 0.271 e. The summed E-state index contributed by atoms with van der Waals surface area (Å²) in [4.78, 5) is 51.3. The van der Waals surface area contributed by atoms with E-state index in [1.807, 2.05) is 82.3 Å². The first-order chi connectivity index (χ1) is 20.7. The van der Waals surface area contributed by atoms with Crippen LogP contribution >= 0.6 is 27.3 Å². The minimum absolute atomic E-state index is 0.187. The Labute approximate surface area is 261 Å². The lowest BCUT2D eigenvalue weighted by molar-refractivity contribution is -0.127. The second-order valence-electron chi connectivity index (χ2n) is 10.4. The molecular weight excluding hydrogens is 628 g/mol. The molecule has 0 spiro atoms. The molecule has 10 heteroatoms. The molecule has 43 heavy (non-hydrogen) atoms. The molecule has 0 aliphatic carbocycles. The largest absolute Gasteiger partial charge is 0.496 e. The number of amides is 2. The van der Waals surface area contributed by atoms with E-state index in [9.17, 15) is 14.4 Å². The van der Waals surface area contributed by atoms with Crippen LogP contribution in [0.15, 0.2) is 80.1 Å². The molecule has 4 aromatic rings. The number of nitrogens with zero attached hydrogens (tertiary/aromatic N) is 4. The molecule has 0 fully saturated rings. The van der Waals surface area contributed by atoms with Crippen molar-refractivity contribution in [2.24, 2.45) is 4.99 Å². The van der Waals surface area contributed by atoms with Crippen LogP contribution in [0.3, 0.4) is 0 Å². The lowest BCUT2D eigenvalue weighted by atomic mass is 9.90. The number of halogens is 1. The maximum absolute atomic E-state index is 14.7. The zero-order chi connectivity index (χ0) is 30.6. The summed E-state index contributed by atoms with van der Waals surface area (Å²) in [5.41, 5.74) is 3.10. The fraction of sp³-hybridized carbons (Fsp3) is 0.273. The van der Waals surface area contributed by atoms with E-state index in [0.29, 0.717) is 62.7 Å². The summed E-state index contributed by atoms with van der Waals surface area (Å²) in [5.74, 6) is 0.146. The number of likely N-dealkylation sites (N-methyl/N-ethyl adjacent to an activating group) is 2. The van der Waals surface area contributed by atoms with Crippen molar-refractivity contribution in [3.8, 4) is 5.75 Å². The molecule has 0 bridgehead atoms. The molecule has 0 radical (unpaired) electrons. The average molecular weight is 660 g/mol. The van der Waals surface area contributed by atoms with E-state index >= 15 is 0 Å². The van der Waals surface area contributed by atoms with E-state index in [1.54, 1.807) is 21.5 Å². The van der Waals surface area contributed by atoms with Gasteiger partial charge in [-0.2, -0.15) is 0 Å². The van der Waals surface area contributed by atoms with Gasteiger partial charge < -0.3 is 14.5 Å². The fourth-order valence-corrected chi connectivity index (χ4v) is 7.67. The summed E-state index contributed by atoms with van der Waals surface area (Å²) in [6.07, 6.45) is 0. The lowest BCUT2D eigenvalue weighted by Gasteiger charge is -2.30. The summed E-state index contributed by atoms with van der Waals surface area (Å²) in [7, 11) is 1.59. The van der Waals surface area contributed by atoms with Crippen LogP contribution in [0.1, 0.15) is 44.9 Å². The molecule has 0 N–H and O–H groups in total. The summed E-state index contributed by atoms with van der Waals surface area (Å²) < 4.78 is 8.58. The highest BCUT2D eigenvalue weighted by Gasteiger charge is 2.39. The number of hydrogen-bond acceptors (Lipinski definition) is 6. The Morgan fingerprint density at radius 1 is 1.07 bits per heavy atom. The molecule has 1 aromatic heterocycles. The Bertz CT molecular complexity index is 2040. The third kappa shape index (κ3) is 4.46. The van der Waals surface area contributed by atoms with Crippen molar-refractivity contribution in [2.75, 3.05) is 31.6 Å². The van der Waals surface area contributed by atoms with Gasteiger partial charge >= 0.3 is 0 Å². The maximum atomic E-state index is 14.7. The SMILES string of the molecule is CCN(CC)C(=O)C1=C(C)N=c2s/c(=C3\C(=O)N(CC)c4ccc(Br)cc43)c(=O)n2[C@@H]1c1c(OC)ccc2ccccc12. The van der Waals surface area contributed by atoms with Crippen molar-refractivity contribution in [1.29, 1.82) is 0 Å². The molecule has 2 amide bonds. The average Bonchev–Trinajstić information content (AvgIpc) is 3.47. The Morgan fingerprint density at radius 3 is 2.51 bits per heavy atom. The number of anilines is 1. The normalized spacial score (nSPS) is 17.2. The molecule has 0 saturated carbocycles. The number of carbonyl (C=O) groups is 2. The van der Waals surface area contributed by atoms with Crippen molar-refractivity contribution in [2.45, 2.75) is 33.7 Å². The van der Waals surface area contributed by atoms with Gasteiger partial charge in [-0.15, -0.1) is 0 Å². The highest BCUT2D eigenvalue weighted by molar-refractivity contribution is 9.10. The van der Waals surface area contributed by atoms with Crippen LogP contribution in [-0.2, 0) is 9.59 Å². The molecule has 3 heterocycles. The van der Waals surface area contributed by atoms with Crippen LogP contribution in [-0.4, -0.2) is 48.0 Å². The van der Waals surface area contributed by atoms with Gasteiger partial charge in [0.1, 0.15) is 16.3 Å². The second kappa shape index (κ2) is 11.2. The van der Waals surface area contributed by atoms with E-state index in [1.165, 1.54) is 11.3 Å². The predicted octanol–water partition coefficient (Wildman–Crippen LogP) is 4.76. The molecule has 2 aliphatic rings.